The molecule has 0 saturated carbocycles. The summed E-state index contributed by atoms with van der Waals surface area (Å²) in [5, 5.41) is -23.5. The highest BCUT2D eigenvalue weighted by Crippen LogP contribution is 2.49. The van der Waals surface area contributed by atoms with Crippen molar-refractivity contribution in [3.63, 3.8) is 0 Å². The predicted molar refractivity (Wildman–Crippen MR) is 77.4 cm³/mol. The normalized spacial score (nSPS) is 14.8. The van der Waals surface area contributed by atoms with E-state index in [4.69, 9.17) is 0 Å². The molecule has 252 valence electrons. The van der Waals surface area contributed by atoms with Gasteiger partial charge in [-0.25, -0.2) is 4.84 Å². The molecule has 0 radical (unpaired) electrons. The molecule has 0 aliphatic heterocycles. The summed E-state index contributed by atoms with van der Waals surface area (Å²) in [6.45, 7) is -3.88. The molecule has 0 aromatic carbocycles. The maximum absolute atomic E-state index is 13.3. The van der Waals surface area contributed by atoms with Crippen LogP contribution in [0.5, 0.6) is 0 Å². The molecule has 0 atom stereocenters. The second-order valence-electron chi connectivity index (χ2n) is 7.07. The van der Waals surface area contributed by atoms with E-state index >= 15 is 0 Å². The van der Waals surface area contributed by atoms with E-state index < -0.39 is 103 Å². The van der Waals surface area contributed by atoms with E-state index in [9.17, 15) is 90.8 Å². The molecule has 34 heteroatoms. The number of hydrogen-bond donors (Lipinski definition) is 0. The molecule has 42 heavy (non-hydrogen) atoms. The van der Waals surface area contributed by atoms with E-state index in [0.717, 1.165) is 0 Å². The van der Waals surface area contributed by atoms with Gasteiger partial charge in [0.1, 0.15) is 0 Å². The van der Waals surface area contributed by atoms with Gasteiger partial charge in [0.15, 0.2) is 0 Å². The van der Waals surface area contributed by atoms with Gasteiger partial charge in [0, 0.05) is 0 Å². The molecule has 0 fully saturated rings. The van der Waals surface area contributed by atoms with Crippen LogP contribution >= 0.6 is 0 Å². The second-order valence-corrected chi connectivity index (χ2v) is 7.07. The zero-order valence-electron chi connectivity index (χ0n) is 18.9. The highest BCUT2D eigenvalue weighted by Gasteiger charge is 2.73. The molecule has 0 heterocycles. The first-order chi connectivity index (χ1) is 18.8. The molecule has 0 rings (SSSR count). The van der Waals surface area contributed by atoms with Crippen molar-refractivity contribution in [1.82, 2.24) is 48.1 Å². The van der Waals surface area contributed by atoms with Gasteiger partial charge in [0.25, 0.3) is 5.09 Å². The van der Waals surface area contributed by atoms with Crippen molar-refractivity contribution in [1.29, 1.82) is 0 Å². The Hall–Kier alpha value is -2.54. The molecule has 0 bridgehead atoms. The van der Waals surface area contributed by atoms with Crippen LogP contribution < -0.4 is 0 Å². The molecule has 0 saturated heterocycles. The maximum Gasteiger partial charge on any atom is 0.413 e. The number of nitrogens with zero attached hydrogens (tertiary/aromatic N) is 10. The molecular weight excluding hydrogens is 674 g/mol. The summed E-state index contributed by atoms with van der Waals surface area (Å²) < 4.78 is 246. The minimum absolute atomic E-state index is 0.440. The lowest BCUT2D eigenvalue weighted by Crippen LogP contribution is -2.73. The van der Waals surface area contributed by atoms with Crippen molar-refractivity contribution < 1.29 is 105 Å². The Morgan fingerprint density at radius 1 is 0.524 bits per heavy atom. The zero-order valence-corrected chi connectivity index (χ0v) is 18.9. The van der Waals surface area contributed by atoms with E-state index in [1.54, 1.807) is 0 Å². The first kappa shape index (κ1) is 39.5. The summed E-state index contributed by atoms with van der Waals surface area (Å²) in [5.41, 5.74) is -4.34. The minimum Gasteiger partial charge on any atom is -0.323 e. The predicted octanol–water partition coefficient (Wildman–Crippen LogP) is 4.40. The Kier molecular flexibility index (Phi) is 13.0. The highest BCUT2D eigenvalue weighted by atomic mass is 19.4. The van der Waals surface area contributed by atoms with Crippen molar-refractivity contribution in [2.45, 2.75) is 37.7 Å². The van der Waals surface area contributed by atoms with Crippen molar-refractivity contribution in [3.05, 3.63) is 10.1 Å². The van der Waals surface area contributed by atoms with Crippen LogP contribution in [-0.4, -0.2) is 83.7 Å². The molecule has 16 nitrogen and oxygen atoms in total. The van der Waals surface area contributed by atoms with E-state index in [2.05, 4.69) is 19.0 Å². The summed E-state index contributed by atoms with van der Waals surface area (Å²) in [4.78, 5) is 14.1. The van der Waals surface area contributed by atoms with Crippen LogP contribution in [0.3, 0.4) is 0 Å². The third kappa shape index (κ3) is 6.98. The van der Waals surface area contributed by atoms with Crippen molar-refractivity contribution in [3.8, 4) is 0 Å². The fourth-order valence-electron chi connectivity index (χ4n) is 2.15. The number of halogens is 18. The number of hydrogen-bond acceptors (Lipinski definition) is 15. The van der Waals surface area contributed by atoms with Crippen LogP contribution in [-0.2, 0) is 19.0 Å². The second kappa shape index (κ2) is 13.8. The maximum atomic E-state index is 13.3. The van der Waals surface area contributed by atoms with Crippen molar-refractivity contribution in [2.24, 2.45) is 5.41 Å². The van der Waals surface area contributed by atoms with Crippen molar-refractivity contribution in [2.75, 3.05) is 6.61 Å². The molecule has 0 spiro atoms. The van der Waals surface area contributed by atoms with Gasteiger partial charge < -0.3 is 4.74 Å². The van der Waals surface area contributed by atoms with Gasteiger partial charge in [0.05, 0.1) is 60.1 Å². The fourth-order valence-corrected chi connectivity index (χ4v) is 2.15. The Bertz CT molecular complexity index is 773. The molecule has 0 aromatic heterocycles. The topological polar surface area (TPSA) is 109 Å². The molecule has 0 amide bonds. The lowest BCUT2D eigenvalue weighted by atomic mass is 9.90. The first-order valence-corrected chi connectivity index (χ1v) is 8.72. The summed E-state index contributed by atoms with van der Waals surface area (Å²) in [6.07, 6.45) is 0. The summed E-state index contributed by atoms with van der Waals surface area (Å²) in [7, 11) is 0. The van der Waals surface area contributed by atoms with Gasteiger partial charge in [-0.05, 0) is 0 Å². The van der Waals surface area contributed by atoms with E-state index in [0.29, 0.717) is 0 Å². The molecule has 0 aromatic rings. The fraction of sp³-hybridized carbons (Fsp3) is 1.00. The van der Waals surface area contributed by atoms with Gasteiger partial charge in [0.2, 0.25) is 0 Å². The van der Waals surface area contributed by atoms with Gasteiger partial charge in [-0.15, -0.1) is 10.1 Å². The molecule has 0 aliphatic rings. The van der Waals surface area contributed by atoms with Gasteiger partial charge >= 0.3 is 23.9 Å². The average molecular weight is 682 g/mol. The molecular formula is C8H8F18N10O6. The van der Waals surface area contributed by atoms with Crippen LogP contribution in [0, 0.1) is 15.5 Å². The summed E-state index contributed by atoms with van der Waals surface area (Å²) in [5.74, 6) is -25.0. The van der Waals surface area contributed by atoms with E-state index in [-0.39, 0.29) is 0 Å². The average Bonchev–Trinajstić information content (AvgIpc) is 2.78. The summed E-state index contributed by atoms with van der Waals surface area (Å²) in [6, 6.07) is 0. The third-order valence-corrected chi connectivity index (χ3v) is 4.17. The molecule has 0 unspecified atom stereocenters. The van der Waals surface area contributed by atoms with Crippen LogP contribution in [0.1, 0.15) is 13.8 Å². The number of rotatable bonds is 19. The lowest BCUT2D eigenvalue weighted by molar-refractivity contribution is -0.844. The van der Waals surface area contributed by atoms with Crippen LogP contribution in [0.2, 0.25) is 0 Å². The molecule has 0 N–H and O–H groups in total. The SMILES string of the molecule is CC(C)(COC(N(F)F)(N(F)F)N(F)F)C(O[N+](=O)[O-])(OC(N(F)F)(N(F)F)N(F)F)OC(N(F)F)(N(F)F)N(F)F. The Labute approximate surface area is 214 Å². The lowest BCUT2D eigenvalue weighted by Gasteiger charge is -2.49. The molecule has 0 aliphatic carbocycles. The van der Waals surface area contributed by atoms with Gasteiger partial charge in [-0.1, -0.05) is 94.5 Å². The Morgan fingerprint density at radius 3 is 0.952 bits per heavy atom. The standard InChI is InChI=1S/C8H8F18N10O6/c1-4(2,3-39-6(27(9)10,28(11)12)29(13)14)5(42-36(37)38,40-7(30(15)16,31(17)18)32(19)20)41-8(33(21)22,34(23)24)35(25)26/h3H2,1-2H3. The van der Waals surface area contributed by atoms with Crippen molar-refractivity contribution >= 4 is 0 Å². The highest BCUT2D eigenvalue weighted by molar-refractivity contribution is 4.85. The summed E-state index contributed by atoms with van der Waals surface area (Å²) >= 11 is 0. The Balaban J connectivity index is 7.87. The minimum atomic E-state index is -6.56. The first-order valence-electron chi connectivity index (χ1n) is 8.72. The smallest absolute Gasteiger partial charge is 0.323 e. The van der Waals surface area contributed by atoms with E-state index in [1.165, 1.54) is 0 Å². The zero-order chi connectivity index (χ0) is 33.8. The quantitative estimate of drug-likeness (QED) is 0.0631. The van der Waals surface area contributed by atoms with Gasteiger partial charge in [-0.3, -0.25) is 9.47 Å². The third-order valence-electron chi connectivity index (χ3n) is 4.17. The van der Waals surface area contributed by atoms with Crippen LogP contribution in [0.15, 0.2) is 0 Å². The largest absolute Gasteiger partial charge is 0.413 e. The van der Waals surface area contributed by atoms with Crippen LogP contribution in [0.4, 0.5) is 80.7 Å². The van der Waals surface area contributed by atoms with Gasteiger partial charge in [-0.2, -0.15) is 0 Å². The monoisotopic (exact) mass is 682 g/mol. The number of ether oxygens (including phenoxy) is 3. The Morgan fingerprint density at radius 2 is 0.762 bits per heavy atom. The van der Waals surface area contributed by atoms with E-state index in [1.807, 2.05) is 0 Å². The van der Waals surface area contributed by atoms with Crippen LogP contribution in [0.25, 0.3) is 0 Å².